The summed E-state index contributed by atoms with van der Waals surface area (Å²) in [4.78, 5) is 0. The lowest BCUT2D eigenvalue weighted by molar-refractivity contribution is 0.550. The highest BCUT2D eigenvalue weighted by molar-refractivity contribution is 5.01. The van der Waals surface area contributed by atoms with Crippen molar-refractivity contribution in [1.29, 1.82) is 0 Å². The average Bonchev–Trinajstić information content (AvgIpc) is 2.63. The Hall–Kier alpha value is -0.780. The molecule has 0 aliphatic heterocycles. The lowest BCUT2D eigenvalue weighted by atomic mass is 9.98. The SMILES string of the molecule is C=CCCCCCCCCCCCCC(=CCCC)CCCCC=C. The van der Waals surface area contributed by atoms with E-state index in [1.807, 2.05) is 6.08 Å². The fourth-order valence-electron chi connectivity index (χ4n) is 3.37. The Balaban J connectivity index is 3.51. The fraction of sp³-hybridized carbons (Fsp3) is 0.760. The van der Waals surface area contributed by atoms with Crippen LogP contribution in [-0.4, -0.2) is 0 Å². The van der Waals surface area contributed by atoms with Crippen LogP contribution >= 0.6 is 0 Å². The number of allylic oxidation sites excluding steroid dienone is 4. The molecule has 0 nitrogen and oxygen atoms in total. The summed E-state index contributed by atoms with van der Waals surface area (Å²) in [6.07, 6.45) is 31.1. The second-order valence-corrected chi connectivity index (χ2v) is 7.55. The van der Waals surface area contributed by atoms with Crippen LogP contribution in [0.1, 0.15) is 122 Å². The fourth-order valence-corrected chi connectivity index (χ4v) is 3.37. The van der Waals surface area contributed by atoms with Crippen LogP contribution in [0.2, 0.25) is 0 Å². The third kappa shape index (κ3) is 19.4. The standard InChI is InChI=1S/C25H46/c1-4-7-10-12-13-14-15-16-17-18-19-21-24-25(22-9-6-3)23-20-11-8-5-2/h4-5,22H,1-2,6-21,23-24H2,3H3. The Morgan fingerprint density at radius 1 is 0.560 bits per heavy atom. The summed E-state index contributed by atoms with van der Waals surface area (Å²) in [7, 11) is 0. The van der Waals surface area contributed by atoms with E-state index in [0.29, 0.717) is 0 Å². The van der Waals surface area contributed by atoms with Crippen molar-refractivity contribution in [3.8, 4) is 0 Å². The molecule has 0 spiro atoms. The van der Waals surface area contributed by atoms with Crippen molar-refractivity contribution < 1.29 is 0 Å². The highest BCUT2D eigenvalue weighted by Crippen LogP contribution is 2.19. The van der Waals surface area contributed by atoms with E-state index >= 15 is 0 Å². The van der Waals surface area contributed by atoms with Gasteiger partial charge in [-0.3, -0.25) is 0 Å². The van der Waals surface area contributed by atoms with Gasteiger partial charge in [0, 0.05) is 0 Å². The minimum Gasteiger partial charge on any atom is -0.103 e. The normalized spacial score (nSPS) is 11.6. The van der Waals surface area contributed by atoms with Gasteiger partial charge in [-0.15, -0.1) is 13.2 Å². The molecule has 0 aliphatic rings. The molecule has 0 fully saturated rings. The Morgan fingerprint density at radius 2 is 0.960 bits per heavy atom. The molecule has 0 atom stereocenters. The number of hydrogen-bond acceptors (Lipinski definition) is 0. The summed E-state index contributed by atoms with van der Waals surface area (Å²) in [5, 5.41) is 0. The molecule has 0 unspecified atom stereocenters. The zero-order valence-electron chi connectivity index (χ0n) is 17.4. The van der Waals surface area contributed by atoms with Gasteiger partial charge in [0.05, 0.1) is 0 Å². The Morgan fingerprint density at radius 3 is 1.44 bits per heavy atom. The van der Waals surface area contributed by atoms with Gasteiger partial charge in [-0.1, -0.05) is 88.5 Å². The van der Waals surface area contributed by atoms with Gasteiger partial charge in [-0.2, -0.15) is 0 Å². The molecule has 0 aromatic carbocycles. The van der Waals surface area contributed by atoms with Crippen LogP contribution < -0.4 is 0 Å². The first-order valence-electron chi connectivity index (χ1n) is 11.2. The second kappa shape index (κ2) is 21.3. The average molecular weight is 347 g/mol. The maximum Gasteiger partial charge on any atom is -0.0320 e. The summed E-state index contributed by atoms with van der Waals surface area (Å²) in [5.74, 6) is 0. The first kappa shape index (κ1) is 24.2. The highest BCUT2D eigenvalue weighted by Gasteiger charge is 1.99. The minimum absolute atomic E-state index is 1.18. The van der Waals surface area contributed by atoms with E-state index in [2.05, 4.69) is 32.2 Å². The van der Waals surface area contributed by atoms with Gasteiger partial charge >= 0.3 is 0 Å². The van der Waals surface area contributed by atoms with Crippen molar-refractivity contribution in [2.75, 3.05) is 0 Å². The first-order chi connectivity index (χ1) is 12.3. The molecule has 0 aliphatic carbocycles. The summed E-state index contributed by atoms with van der Waals surface area (Å²) < 4.78 is 0. The van der Waals surface area contributed by atoms with E-state index in [4.69, 9.17) is 0 Å². The largest absolute Gasteiger partial charge is 0.103 e. The summed E-state index contributed by atoms with van der Waals surface area (Å²) >= 11 is 0. The molecule has 0 rings (SSSR count). The van der Waals surface area contributed by atoms with Gasteiger partial charge in [0.25, 0.3) is 0 Å². The molecule has 0 saturated heterocycles. The Labute approximate surface area is 159 Å². The van der Waals surface area contributed by atoms with Gasteiger partial charge in [0.15, 0.2) is 0 Å². The van der Waals surface area contributed by atoms with E-state index in [-0.39, 0.29) is 0 Å². The first-order valence-corrected chi connectivity index (χ1v) is 11.2. The molecule has 0 radical (unpaired) electrons. The lowest BCUT2D eigenvalue weighted by Gasteiger charge is -2.08. The molecular formula is C25H46. The number of unbranched alkanes of at least 4 members (excludes halogenated alkanes) is 13. The van der Waals surface area contributed by atoms with Gasteiger partial charge in [0.1, 0.15) is 0 Å². The van der Waals surface area contributed by atoms with Gasteiger partial charge in [-0.25, -0.2) is 0 Å². The van der Waals surface area contributed by atoms with Crippen LogP contribution in [-0.2, 0) is 0 Å². The van der Waals surface area contributed by atoms with E-state index in [1.165, 1.54) is 116 Å². The smallest absolute Gasteiger partial charge is 0.0320 e. The molecule has 25 heavy (non-hydrogen) atoms. The number of rotatable bonds is 20. The summed E-state index contributed by atoms with van der Waals surface area (Å²) in [6, 6.07) is 0. The summed E-state index contributed by atoms with van der Waals surface area (Å²) in [5.41, 5.74) is 1.73. The lowest BCUT2D eigenvalue weighted by Crippen LogP contribution is -1.88. The van der Waals surface area contributed by atoms with Crippen molar-refractivity contribution in [3.05, 3.63) is 37.0 Å². The van der Waals surface area contributed by atoms with Crippen LogP contribution in [0.3, 0.4) is 0 Å². The van der Waals surface area contributed by atoms with Crippen LogP contribution in [0, 0.1) is 0 Å². The van der Waals surface area contributed by atoms with Gasteiger partial charge in [0.2, 0.25) is 0 Å². The van der Waals surface area contributed by atoms with Crippen molar-refractivity contribution >= 4 is 0 Å². The monoisotopic (exact) mass is 346 g/mol. The van der Waals surface area contributed by atoms with Crippen molar-refractivity contribution in [2.24, 2.45) is 0 Å². The van der Waals surface area contributed by atoms with Gasteiger partial charge in [-0.05, 0) is 57.8 Å². The predicted molar refractivity (Wildman–Crippen MR) is 117 cm³/mol. The minimum atomic E-state index is 1.18. The third-order valence-corrected chi connectivity index (χ3v) is 5.03. The van der Waals surface area contributed by atoms with Crippen LogP contribution in [0.5, 0.6) is 0 Å². The zero-order valence-corrected chi connectivity index (χ0v) is 17.4. The van der Waals surface area contributed by atoms with E-state index < -0.39 is 0 Å². The molecular weight excluding hydrogens is 300 g/mol. The highest BCUT2D eigenvalue weighted by atomic mass is 14.1. The molecule has 0 bridgehead atoms. The molecule has 0 heteroatoms. The maximum atomic E-state index is 3.82. The van der Waals surface area contributed by atoms with E-state index in [1.54, 1.807) is 5.57 Å². The van der Waals surface area contributed by atoms with Crippen molar-refractivity contribution in [3.63, 3.8) is 0 Å². The number of hydrogen-bond donors (Lipinski definition) is 0. The Kier molecular flexibility index (Phi) is 20.6. The van der Waals surface area contributed by atoms with Gasteiger partial charge < -0.3 is 0 Å². The molecule has 0 heterocycles. The Bertz CT molecular complexity index is 310. The topological polar surface area (TPSA) is 0 Å². The zero-order chi connectivity index (χ0) is 18.4. The van der Waals surface area contributed by atoms with Crippen molar-refractivity contribution in [1.82, 2.24) is 0 Å². The maximum absolute atomic E-state index is 3.82. The van der Waals surface area contributed by atoms with Crippen LogP contribution in [0.15, 0.2) is 37.0 Å². The van der Waals surface area contributed by atoms with Crippen LogP contribution in [0.4, 0.5) is 0 Å². The van der Waals surface area contributed by atoms with E-state index in [9.17, 15) is 0 Å². The van der Waals surface area contributed by atoms with Crippen molar-refractivity contribution in [2.45, 2.75) is 122 Å². The quantitative estimate of drug-likeness (QED) is 0.152. The molecule has 0 aromatic rings. The predicted octanol–water partition coefficient (Wildman–Crippen LogP) is 9.33. The molecule has 0 aromatic heterocycles. The molecule has 0 N–H and O–H groups in total. The third-order valence-electron chi connectivity index (χ3n) is 5.03. The molecule has 0 saturated carbocycles. The van der Waals surface area contributed by atoms with Crippen LogP contribution in [0.25, 0.3) is 0 Å². The molecule has 146 valence electrons. The second-order valence-electron chi connectivity index (χ2n) is 7.55. The summed E-state index contributed by atoms with van der Waals surface area (Å²) in [6.45, 7) is 9.89. The molecule has 0 amide bonds. The van der Waals surface area contributed by atoms with E-state index in [0.717, 1.165) is 0 Å².